The van der Waals surface area contributed by atoms with Crippen LogP contribution in [0.1, 0.15) is 30.7 Å². The van der Waals surface area contributed by atoms with Gasteiger partial charge in [0.1, 0.15) is 0 Å². The summed E-state index contributed by atoms with van der Waals surface area (Å²) in [5.41, 5.74) is 0.433. The van der Waals surface area contributed by atoms with Crippen molar-refractivity contribution < 1.29 is 24.5 Å². The van der Waals surface area contributed by atoms with Crippen molar-refractivity contribution >= 4 is 5.97 Å². The van der Waals surface area contributed by atoms with E-state index in [9.17, 15) is 14.3 Å². The summed E-state index contributed by atoms with van der Waals surface area (Å²) in [6, 6.07) is 2.34. The number of carbonyl (C=O) groups is 1. The van der Waals surface area contributed by atoms with Crippen molar-refractivity contribution in [3.63, 3.8) is 0 Å². The second kappa shape index (κ2) is 4.24. The van der Waals surface area contributed by atoms with Gasteiger partial charge in [0.25, 0.3) is 0 Å². The SMILES string of the molecule is O=C(O)CC(c1cc(O)c(O)c(F)c1)C1CC1. The molecule has 1 unspecified atom stereocenters. The zero-order valence-corrected chi connectivity index (χ0v) is 9.06. The third kappa shape index (κ3) is 2.49. The standard InChI is InChI=1S/C12H13FO4/c13-9-3-7(4-10(14)12(9)17)8(5-11(15)16)6-1-2-6/h3-4,6,8,14,17H,1-2,5H2,(H,15,16). The van der Waals surface area contributed by atoms with Crippen LogP contribution in [0, 0.1) is 11.7 Å². The minimum Gasteiger partial charge on any atom is -0.504 e. The van der Waals surface area contributed by atoms with Crippen LogP contribution < -0.4 is 0 Å². The van der Waals surface area contributed by atoms with Crippen LogP contribution in [0.15, 0.2) is 12.1 Å². The van der Waals surface area contributed by atoms with Gasteiger partial charge in [0, 0.05) is 0 Å². The van der Waals surface area contributed by atoms with E-state index in [1.807, 2.05) is 0 Å². The number of phenols is 2. The smallest absolute Gasteiger partial charge is 0.303 e. The zero-order valence-electron chi connectivity index (χ0n) is 9.06. The summed E-state index contributed by atoms with van der Waals surface area (Å²) in [5, 5.41) is 27.2. The van der Waals surface area contributed by atoms with Gasteiger partial charge in [-0.1, -0.05) is 0 Å². The van der Waals surface area contributed by atoms with E-state index >= 15 is 0 Å². The molecule has 1 aromatic rings. The maximum Gasteiger partial charge on any atom is 0.303 e. The van der Waals surface area contributed by atoms with Gasteiger partial charge < -0.3 is 15.3 Å². The van der Waals surface area contributed by atoms with Crippen LogP contribution in [0.25, 0.3) is 0 Å². The number of hydrogen-bond donors (Lipinski definition) is 3. The van der Waals surface area contributed by atoms with Crippen LogP contribution in [0.4, 0.5) is 4.39 Å². The van der Waals surface area contributed by atoms with Gasteiger partial charge in [0.05, 0.1) is 6.42 Å². The highest BCUT2D eigenvalue weighted by Crippen LogP contribution is 2.46. The number of rotatable bonds is 4. The molecule has 0 bridgehead atoms. The third-order valence-electron chi connectivity index (χ3n) is 3.08. The van der Waals surface area contributed by atoms with Gasteiger partial charge in [-0.25, -0.2) is 4.39 Å². The quantitative estimate of drug-likeness (QED) is 0.705. The maximum absolute atomic E-state index is 13.3. The fraction of sp³-hybridized carbons (Fsp3) is 0.417. The summed E-state index contributed by atoms with van der Waals surface area (Å²) in [6.07, 6.45) is 1.75. The summed E-state index contributed by atoms with van der Waals surface area (Å²) in [5.74, 6) is -3.27. The van der Waals surface area contributed by atoms with Crippen LogP contribution in [0.5, 0.6) is 11.5 Å². The Morgan fingerprint density at radius 2 is 2.06 bits per heavy atom. The molecule has 5 heteroatoms. The van der Waals surface area contributed by atoms with Crippen LogP contribution >= 0.6 is 0 Å². The second-order valence-electron chi connectivity index (χ2n) is 4.41. The van der Waals surface area contributed by atoms with E-state index in [4.69, 9.17) is 10.2 Å². The normalized spacial score (nSPS) is 16.8. The average Bonchev–Trinajstić information content (AvgIpc) is 3.05. The number of aliphatic carboxylic acids is 1. The Morgan fingerprint density at radius 3 is 2.53 bits per heavy atom. The minimum atomic E-state index is -0.949. The topological polar surface area (TPSA) is 77.8 Å². The fourth-order valence-corrected chi connectivity index (χ4v) is 2.06. The molecule has 3 N–H and O–H groups in total. The molecular formula is C12H13FO4. The lowest BCUT2D eigenvalue weighted by atomic mass is 9.90. The molecule has 1 aromatic carbocycles. The van der Waals surface area contributed by atoms with Gasteiger partial charge in [0.15, 0.2) is 17.3 Å². The van der Waals surface area contributed by atoms with Crippen LogP contribution in [0.3, 0.4) is 0 Å². The van der Waals surface area contributed by atoms with Crippen molar-refractivity contribution in [2.24, 2.45) is 5.92 Å². The lowest BCUT2D eigenvalue weighted by Gasteiger charge is -2.15. The third-order valence-corrected chi connectivity index (χ3v) is 3.08. The van der Waals surface area contributed by atoms with E-state index in [0.29, 0.717) is 5.56 Å². The predicted octanol–water partition coefficient (Wildman–Crippen LogP) is 2.21. The minimum absolute atomic E-state index is 0.0890. The van der Waals surface area contributed by atoms with E-state index in [1.165, 1.54) is 6.07 Å². The molecule has 4 nitrogen and oxygen atoms in total. The Labute approximate surface area is 97.3 Å². The number of hydrogen-bond acceptors (Lipinski definition) is 3. The van der Waals surface area contributed by atoms with Gasteiger partial charge in [-0.2, -0.15) is 0 Å². The molecule has 1 aliphatic carbocycles. The van der Waals surface area contributed by atoms with Crippen molar-refractivity contribution in [1.82, 2.24) is 0 Å². The van der Waals surface area contributed by atoms with E-state index < -0.39 is 23.3 Å². The Kier molecular flexibility index (Phi) is 2.92. The number of aromatic hydroxyl groups is 2. The maximum atomic E-state index is 13.3. The first-order valence-electron chi connectivity index (χ1n) is 5.42. The molecule has 0 spiro atoms. The molecule has 1 fully saturated rings. The molecule has 0 amide bonds. The molecular weight excluding hydrogens is 227 g/mol. The monoisotopic (exact) mass is 240 g/mol. The van der Waals surface area contributed by atoms with Crippen molar-refractivity contribution in [2.75, 3.05) is 0 Å². The van der Waals surface area contributed by atoms with Crippen LogP contribution in [-0.4, -0.2) is 21.3 Å². The number of carboxylic acids is 1. The number of phenolic OH excluding ortho intramolecular Hbond substituents is 2. The molecule has 92 valence electrons. The Bertz CT molecular complexity index is 431. The highest BCUT2D eigenvalue weighted by molar-refractivity contribution is 5.68. The van der Waals surface area contributed by atoms with Crippen molar-refractivity contribution in [3.05, 3.63) is 23.5 Å². The molecule has 2 rings (SSSR count). The summed E-state index contributed by atoms with van der Waals surface area (Å²) in [6.45, 7) is 0. The number of halogens is 1. The van der Waals surface area contributed by atoms with Crippen molar-refractivity contribution in [1.29, 1.82) is 0 Å². The summed E-state index contributed by atoms with van der Waals surface area (Å²) in [7, 11) is 0. The van der Waals surface area contributed by atoms with Gasteiger partial charge in [-0.05, 0) is 42.4 Å². The van der Waals surface area contributed by atoms with E-state index in [-0.39, 0.29) is 18.3 Å². The van der Waals surface area contributed by atoms with Crippen LogP contribution in [0.2, 0.25) is 0 Å². The van der Waals surface area contributed by atoms with Crippen LogP contribution in [-0.2, 0) is 4.79 Å². The Hall–Kier alpha value is -1.78. The highest BCUT2D eigenvalue weighted by atomic mass is 19.1. The molecule has 1 aliphatic rings. The summed E-state index contributed by atoms with van der Waals surface area (Å²) < 4.78 is 13.3. The second-order valence-corrected chi connectivity index (χ2v) is 4.41. The summed E-state index contributed by atoms with van der Waals surface area (Å²) in [4.78, 5) is 10.7. The average molecular weight is 240 g/mol. The fourth-order valence-electron chi connectivity index (χ4n) is 2.06. The Morgan fingerprint density at radius 1 is 1.41 bits per heavy atom. The molecule has 1 atom stereocenters. The molecule has 1 saturated carbocycles. The summed E-state index contributed by atoms with van der Waals surface area (Å²) >= 11 is 0. The van der Waals surface area contributed by atoms with E-state index in [0.717, 1.165) is 18.9 Å². The van der Waals surface area contributed by atoms with Gasteiger partial charge in [0.2, 0.25) is 0 Å². The predicted molar refractivity (Wildman–Crippen MR) is 57.4 cm³/mol. The first-order chi connectivity index (χ1) is 7.99. The molecule has 0 heterocycles. The molecule has 0 aliphatic heterocycles. The van der Waals surface area contributed by atoms with E-state index in [2.05, 4.69) is 0 Å². The lowest BCUT2D eigenvalue weighted by molar-refractivity contribution is -0.137. The van der Waals surface area contributed by atoms with Crippen molar-refractivity contribution in [3.8, 4) is 11.5 Å². The zero-order chi connectivity index (χ0) is 12.6. The molecule has 17 heavy (non-hydrogen) atoms. The van der Waals surface area contributed by atoms with Gasteiger partial charge in [-0.3, -0.25) is 4.79 Å². The molecule has 0 aromatic heterocycles. The largest absolute Gasteiger partial charge is 0.504 e. The Balaban J connectivity index is 2.32. The molecule has 0 radical (unpaired) electrons. The number of carboxylic acid groups (broad SMARTS) is 1. The highest BCUT2D eigenvalue weighted by Gasteiger charge is 2.34. The lowest BCUT2D eigenvalue weighted by Crippen LogP contribution is -2.08. The van der Waals surface area contributed by atoms with E-state index in [1.54, 1.807) is 0 Å². The van der Waals surface area contributed by atoms with Gasteiger partial charge >= 0.3 is 5.97 Å². The van der Waals surface area contributed by atoms with Crippen molar-refractivity contribution in [2.45, 2.75) is 25.2 Å². The first kappa shape index (κ1) is 11.7. The molecule has 0 saturated heterocycles. The first-order valence-corrected chi connectivity index (χ1v) is 5.42. The van der Waals surface area contributed by atoms with Gasteiger partial charge in [-0.15, -0.1) is 0 Å². The number of benzene rings is 1.